The van der Waals surface area contributed by atoms with Gasteiger partial charge >= 0.3 is 0 Å². The monoisotopic (exact) mass is 417 g/mol. The molecule has 10 heteroatoms. The van der Waals surface area contributed by atoms with Gasteiger partial charge in [0.25, 0.3) is 0 Å². The predicted molar refractivity (Wildman–Crippen MR) is 111 cm³/mol. The molecule has 0 aliphatic carbocycles. The average Bonchev–Trinajstić information content (AvgIpc) is 3.33. The lowest BCUT2D eigenvalue weighted by atomic mass is 10.1. The molecule has 9 nitrogen and oxygen atoms in total. The second-order valence-electron chi connectivity index (χ2n) is 6.34. The lowest BCUT2D eigenvalue weighted by Crippen LogP contribution is -2.35. The maximum atomic E-state index is 12.5. The van der Waals surface area contributed by atoms with Crippen LogP contribution in [-0.2, 0) is 29.7 Å². The van der Waals surface area contributed by atoms with Crippen molar-refractivity contribution in [1.82, 2.24) is 30.2 Å². The number of rotatable bonds is 8. The van der Waals surface area contributed by atoms with Crippen LogP contribution in [0.5, 0.6) is 0 Å². The number of carbonyl (C=O) groups is 2. The molecule has 0 aliphatic rings. The van der Waals surface area contributed by atoms with Crippen molar-refractivity contribution < 1.29 is 9.59 Å². The van der Waals surface area contributed by atoms with Crippen molar-refractivity contribution in [2.75, 3.05) is 12.4 Å². The van der Waals surface area contributed by atoms with Crippen LogP contribution in [0.2, 0.25) is 0 Å². The first-order valence-corrected chi connectivity index (χ1v) is 8.85. The minimum Gasteiger partial charge on any atom is -0.350 e. The lowest BCUT2D eigenvalue weighted by molar-refractivity contribution is -0.123. The standard InChI is InChI=1S/C19H23N7O2.ClH/c1-20-18(15-11-23-25(2)12-15)19(28)21-10-14-5-3-6-16(9-14)24-17(27)13-26-8-4-7-22-26;/h3-9,11-12,18,20H,10,13H2,1-2H3,(H,21,28)(H,24,27);1H. The molecule has 3 rings (SSSR count). The van der Waals surface area contributed by atoms with E-state index in [4.69, 9.17) is 0 Å². The largest absolute Gasteiger partial charge is 0.350 e. The zero-order chi connectivity index (χ0) is 19.9. The van der Waals surface area contributed by atoms with E-state index in [1.54, 1.807) is 60.4 Å². The molecule has 1 unspecified atom stereocenters. The van der Waals surface area contributed by atoms with Gasteiger partial charge in [-0.25, -0.2) is 0 Å². The van der Waals surface area contributed by atoms with Gasteiger partial charge in [0.1, 0.15) is 12.6 Å². The van der Waals surface area contributed by atoms with Gasteiger partial charge in [-0.05, 0) is 30.8 Å². The van der Waals surface area contributed by atoms with E-state index in [0.717, 1.165) is 11.1 Å². The summed E-state index contributed by atoms with van der Waals surface area (Å²) in [6.45, 7) is 0.489. The predicted octanol–water partition coefficient (Wildman–Crippen LogP) is 1.25. The molecule has 2 heterocycles. The Morgan fingerprint density at radius 2 is 2.03 bits per heavy atom. The number of anilines is 1. The summed E-state index contributed by atoms with van der Waals surface area (Å²) in [7, 11) is 3.54. The number of benzene rings is 1. The van der Waals surface area contributed by atoms with Crippen LogP contribution in [0, 0.1) is 0 Å². The summed E-state index contributed by atoms with van der Waals surface area (Å²) in [5.41, 5.74) is 2.34. The Morgan fingerprint density at radius 3 is 2.69 bits per heavy atom. The number of hydrogen-bond acceptors (Lipinski definition) is 5. The van der Waals surface area contributed by atoms with Crippen molar-refractivity contribution in [3.05, 3.63) is 66.2 Å². The van der Waals surface area contributed by atoms with E-state index in [2.05, 4.69) is 26.1 Å². The molecule has 0 aliphatic heterocycles. The molecule has 0 saturated carbocycles. The van der Waals surface area contributed by atoms with E-state index >= 15 is 0 Å². The summed E-state index contributed by atoms with van der Waals surface area (Å²) in [6.07, 6.45) is 6.82. The van der Waals surface area contributed by atoms with Crippen LogP contribution in [0.25, 0.3) is 0 Å². The quantitative estimate of drug-likeness (QED) is 0.511. The van der Waals surface area contributed by atoms with Crippen molar-refractivity contribution in [2.24, 2.45) is 7.05 Å². The van der Waals surface area contributed by atoms with Gasteiger partial charge in [0.05, 0.1) is 6.20 Å². The third kappa shape index (κ3) is 6.16. The topological polar surface area (TPSA) is 106 Å². The highest BCUT2D eigenvalue weighted by Crippen LogP contribution is 2.13. The van der Waals surface area contributed by atoms with Crippen LogP contribution < -0.4 is 16.0 Å². The molecule has 2 amide bonds. The lowest BCUT2D eigenvalue weighted by Gasteiger charge is -2.15. The molecule has 154 valence electrons. The van der Waals surface area contributed by atoms with Crippen LogP contribution in [0.4, 0.5) is 5.69 Å². The summed E-state index contributed by atoms with van der Waals surface area (Å²) < 4.78 is 3.21. The smallest absolute Gasteiger partial charge is 0.246 e. The average molecular weight is 418 g/mol. The number of aromatic nitrogens is 4. The van der Waals surface area contributed by atoms with Crippen molar-refractivity contribution in [2.45, 2.75) is 19.1 Å². The van der Waals surface area contributed by atoms with Gasteiger partial charge < -0.3 is 16.0 Å². The molecular weight excluding hydrogens is 394 g/mol. The van der Waals surface area contributed by atoms with Crippen LogP contribution in [0.1, 0.15) is 17.2 Å². The molecule has 0 fully saturated rings. The van der Waals surface area contributed by atoms with Crippen LogP contribution in [0.15, 0.2) is 55.1 Å². The number of halogens is 1. The summed E-state index contributed by atoms with van der Waals surface area (Å²) in [5, 5.41) is 16.9. The highest BCUT2D eigenvalue weighted by atomic mass is 35.5. The van der Waals surface area contributed by atoms with Gasteiger partial charge in [0.15, 0.2) is 0 Å². The minimum absolute atomic E-state index is 0. The van der Waals surface area contributed by atoms with Gasteiger partial charge in [-0.1, -0.05) is 12.1 Å². The van der Waals surface area contributed by atoms with Gasteiger partial charge in [-0.3, -0.25) is 19.0 Å². The Hall–Kier alpha value is -3.17. The number of hydrogen-bond donors (Lipinski definition) is 3. The Labute approximate surface area is 174 Å². The summed E-state index contributed by atoms with van der Waals surface area (Å²) in [5.74, 6) is -0.319. The van der Waals surface area contributed by atoms with Gasteiger partial charge in [-0.15, -0.1) is 12.4 Å². The van der Waals surface area contributed by atoms with E-state index in [-0.39, 0.29) is 30.8 Å². The highest BCUT2D eigenvalue weighted by molar-refractivity contribution is 5.90. The third-order valence-corrected chi connectivity index (χ3v) is 4.15. The number of likely N-dealkylation sites (N-methyl/N-ethyl adjacent to an activating group) is 1. The van der Waals surface area contributed by atoms with Crippen LogP contribution in [0.3, 0.4) is 0 Å². The summed E-state index contributed by atoms with van der Waals surface area (Å²) >= 11 is 0. The first kappa shape index (κ1) is 22.1. The first-order chi connectivity index (χ1) is 13.5. The van der Waals surface area contributed by atoms with Crippen molar-refractivity contribution in [3.63, 3.8) is 0 Å². The van der Waals surface area contributed by atoms with Crippen molar-refractivity contribution >= 4 is 29.9 Å². The van der Waals surface area contributed by atoms with Gasteiger partial charge in [-0.2, -0.15) is 10.2 Å². The Balaban J connectivity index is 0.00000300. The molecular formula is C19H24ClN7O2. The Morgan fingerprint density at radius 1 is 1.21 bits per heavy atom. The number of aryl methyl sites for hydroxylation is 1. The molecule has 0 saturated heterocycles. The van der Waals surface area contributed by atoms with Crippen molar-refractivity contribution in [1.29, 1.82) is 0 Å². The van der Waals surface area contributed by atoms with Crippen LogP contribution in [-0.4, -0.2) is 38.4 Å². The maximum Gasteiger partial charge on any atom is 0.246 e. The molecule has 0 bridgehead atoms. The number of carbonyl (C=O) groups excluding carboxylic acids is 2. The SMILES string of the molecule is CNC(C(=O)NCc1cccc(NC(=O)Cn2cccn2)c1)c1cnn(C)c1.Cl. The molecule has 29 heavy (non-hydrogen) atoms. The Kier molecular flexibility index (Phi) is 7.93. The maximum absolute atomic E-state index is 12.5. The van der Waals surface area contributed by atoms with E-state index in [0.29, 0.717) is 12.2 Å². The zero-order valence-corrected chi connectivity index (χ0v) is 17.0. The molecule has 0 radical (unpaired) electrons. The van der Waals surface area contributed by atoms with E-state index in [1.165, 1.54) is 0 Å². The first-order valence-electron chi connectivity index (χ1n) is 8.85. The normalized spacial score (nSPS) is 11.4. The fourth-order valence-corrected chi connectivity index (χ4v) is 2.83. The molecule has 3 aromatic rings. The molecule has 1 atom stereocenters. The van der Waals surface area contributed by atoms with E-state index < -0.39 is 6.04 Å². The van der Waals surface area contributed by atoms with Gasteiger partial charge in [0.2, 0.25) is 11.8 Å². The second kappa shape index (κ2) is 10.4. The Bertz CT molecular complexity index is 940. The summed E-state index contributed by atoms with van der Waals surface area (Å²) in [6, 6.07) is 8.65. The third-order valence-electron chi connectivity index (χ3n) is 4.15. The van der Waals surface area contributed by atoms with E-state index in [9.17, 15) is 9.59 Å². The minimum atomic E-state index is -0.481. The highest BCUT2D eigenvalue weighted by Gasteiger charge is 2.19. The zero-order valence-electron chi connectivity index (χ0n) is 16.2. The number of amides is 2. The molecule has 3 N–H and O–H groups in total. The molecule has 2 aromatic heterocycles. The van der Waals surface area contributed by atoms with Gasteiger partial charge in [0, 0.05) is 43.4 Å². The number of nitrogens with one attached hydrogen (secondary N) is 3. The summed E-state index contributed by atoms with van der Waals surface area (Å²) in [4.78, 5) is 24.6. The molecule has 0 spiro atoms. The van der Waals surface area contributed by atoms with Crippen molar-refractivity contribution in [3.8, 4) is 0 Å². The van der Waals surface area contributed by atoms with Crippen LogP contribution >= 0.6 is 12.4 Å². The fraction of sp³-hybridized carbons (Fsp3) is 0.263. The fourth-order valence-electron chi connectivity index (χ4n) is 2.83. The number of nitrogens with zero attached hydrogens (tertiary/aromatic N) is 4. The molecule has 1 aromatic carbocycles. The second-order valence-corrected chi connectivity index (χ2v) is 6.34. The van der Waals surface area contributed by atoms with E-state index in [1.807, 2.05) is 18.2 Å².